The van der Waals surface area contributed by atoms with Crippen LogP contribution in [0.5, 0.6) is 5.75 Å². The van der Waals surface area contributed by atoms with E-state index >= 15 is 0 Å². The van der Waals surface area contributed by atoms with E-state index in [1.54, 1.807) is 6.20 Å². The second-order valence-electron chi connectivity index (χ2n) is 9.62. The maximum atomic E-state index is 12.4. The second-order valence-corrected chi connectivity index (χ2v) is 9.62. The summed E-state index contributed by atoms with van der Waals surface area (Å²) < 4.78 is 7.84. The largest absolute Gasteiger partial charge is 0.493 e. The highest BCUT2D eigenvalue weighted by Gasteiger charge is 2.36. The Morgan fingerprint density at radius 2 is 2.09 bits per heavy atom. The Hall–Kier alpha value is -3.46. The molecule has 1 aliphatic carbocycles. The van der Waals surface area contributed by atoms with Gasteiger partial charge in [-0.05, 0) is 49.1 Å². The zero-order valence-corrected chi connectivity index (χ0v) is 19.0. The number of imidazole rings is 1. The van der Waals surface area contributed by atoms with E-state index in [4.69, 9.17) is 14.7 Å². The van der Waals surface area contributed by atoms with Crippen molar-refractivity contribution in [3.8, 4) is 23.0 Å². The second kappa shape index (κ2) is 7.80. The number of hydrogen-bond acceptors (Lipinski definition) is 7. The van der Waals surface area contributed by atoms with Gasteiger partial charge in [0, 0.05) is 56.3 Å². The van der Waals surface area contributed by atoms with Crippen LogP contribution in [0.2, 0.25) is 0 Å². The third-order valence-corrected chi connectivity index (χ3v) is 7.22. The van der Waals surface area contributed by atoms with Gasteiger partial charge in [0.15, 0.2) is 0 Å². The van der Waals surface area contributed by atoms with E-state index < -0.39 is 0 Å². The molecule has 3 aliphatic heterocycles. The van der Waals surface area contributed by atoms with Crippen molar-refractivity contribution in [3.63, 3.8) is 0 Å². The number of benzene rings is 1. The summed E-state index contributed by atoms with van der Waals surface area (Å²) in [5.41, 5.74) is 4.49. The van der Waals surface area contributed by atoms with Crippen LogP contribution in [0.15, 0.2) is 30.5 Å². The molecule has 174 valence electrons. The maximum Gasteiger partial charge on any atom is 0.225 e. The van der Waals surface area contributed by atoms with Crippen LogP contribution in [0.25, 0.3) is 17.2 Å². The average Bonchev–Trinajstić information content (AvgIpc) is 3.21. The van der Waals surface area contributed by atoms with Gasteiger partial charge in [-0.1, -0.05) is 0 Å². The van der Waals surface area contributed by atoms with Gasteiger partial charge in [-0.15, -0.1) is 0 Å². The molecule has 1 aromatic carbocycles. The summed E-state index contributed by atoms with van der Waals surface area (Å²) in [6, 6.07) is 8.42. The summed E-state index contributed by atoms with van der Waals surface area (Å²) in [7, 11) is 0. The van der Waals surface area contributed by atoms with Gasteiger partial charge in [0.25, 0.3) is 0 Å². The number of amides is 1. The van der Waals surface area contributed by atoms with Gasteiger partial charge in [-0.2, -0.15) is 4.98 Å². The Kier molecular flexibility index (Phi) is 4.58. The van der Waals surface area contributed by atoms with E-state index in [-0.39, 0.29) is 12.0 Å². The molecule has 9 heteroatoms. The van der Waals surface area contributed by atoms with Crippen molar-refractivity contribution in [1.29, 1.82) is 0 Å². The lowest BCUT2D eigenvalue weighted by Gasteiger charge is -2.17. The number of anilines is 1. The molecule has 34 heavy (non-hydrogen) atoms. The third kappa shape index (κ3) is 3.42. The quantitative estimate of drug-likeness (QED) is 0.607. The van der Waals surface area contributed by atoms with Gasteiger partial charge >= 0.3 is 0 Å². The molecule has 2 aromatic heterocycles. The monoisotopic (exact) mass is 457 g/mol. The number of aromatic nitrogens is 4. The highest BCUT2D eigenvalue weighted by atomic mass is 16.5. The summed E-state index contributed by atoms with van der Waals surface area (Å²) in [6.07, 6.45) is 5.72. The molecule has 0 bridgehead atoms. The van der Waals surface area contributed by atoms with Crippen molar-refractivity contribution in [2.45, 2.75) is 44.8 Å². The van der Waals surface area contributed by atoms with Crippen LogP contribution < -0.4 is 15.4 Å². The minimum atomic E-state index is 0.171. The van der Waals surface area contributed by atoms with E-state index in [2.05, 4.69) is 32.3 Å². The minimum absolute atomic E-state index is 0.171. The van der Waals surface area contributed by atoms with Crippen LogP contribution >= 0.6 is 0 Å². The first-order valence-electron chi connectivity index (χ1n) is 12.2. The minimum Gasteiger partial charge on any atom is -0.493 e. The van der Waals surface area contributed by atoms with Crippen molar-refractivity contribution in [2.75, 3.05) is 25.0 Å². The van der Waals surface area contributed by atoms with E-state index in [1.807, 2.05) is 17.0 Å². The van der Waals surface area contributed by atoms with Crippen molar-refractivity contribution in [2.24, 2.45) is 5.92 Å². The van der Waals surface area contributed by atoms with Crippen molar-refractivity contribution in [3.05, 3.63) is 47.4 Å². The van der Waals surface area contributed by atoms with E-state index in [0.29, 0.717) is 11.9 Å². The lowest BCUT2D eigenvalue weighted by molar-refractivity contribution is -0.131. The van der Waals surface area contributed by atoms with Crippen molar-refractivity contribution in [1.82, 2.24) is 29.7 Å². The molecule has 7 rings (SSSR count). The number of fused-ring (bicyclic) bond motifs is 2. The summed E-state index contributed by atoms with van der Waals surface area (Å²) in [5.74, 6) is 3.82. The van der Waals surface area contributed by atoms with Gasteiger partial charge in [-0.25, -0.2) is 9.97 Å². The Balaban J connectivity index is 1.19. The number of carbonyl (C=O) groups is 1. The normalized spacial score (nSPS) is 20.8. The molecule has 3 aromatic rings. The van der Waals surface area contributed by atoms with E-state index in [0.717, 1.165) is 92.8 Å². The van der Waals surface area contributed by atoms with Gasteiger partial charge in [0.2, 0.25) is 11.9 Å². The molecule has 4 aliphatic rings. The van der Waals surface area contributed by atoms with Crippen LogP contribution in [-0.4, -0.2) is 56.1 Å². The van der Waals surface area contributed by atoms with Crippen LogP contribution in [0, 0.1) is 5.92 Å². The number of nitrogens with zero attached hydrogens (tertiary/aromatic N) is 5. The Labute approximate surface area is 197 Å². The molecule has 2 N–H and O–H groups in total. The fourth-order valence-electron chi connectivity index (χ4n) is 5.28. The van der Waals surface area contributed by atoms with Gasteiger partial charge in [0.05, 0.1) is 18.0 Å². The molecule has 9 nitrogen and oxygen atoms in total. The zero-order chi connectivity index (χ0) is 22.6. The molecular formula is C25H27N7O2. The number of ether oxygens (including phenoxy) is 1. The lowest BCUT2D eigenvalue weighted by Crippen LogP contribution is -2.32. The molecule has 0 radical (unpaired) electrons. The first-order valence-corrected chi connectivity index (χ1v) is 12.2. The topological polar surface area (TPSA) is 97.2 Å². The standard InChI is InChI=1S/C25H27N7O2/c33-24(15-1-2-15)31-9-6-18(14-31)28-25-27-8-5-22(30-25)32-20-13-26-12-19(20)29-23(32)17-3-4-21-16(11-17)7-10-34-21/h3-5,8,11,15,18,26H,1-2,6-7,9-10,12-14H2,(H,27,28,30)/t18-/m1/s1. The molecule has 0 spiro atoms. The fourth-order valence-corrected chi connectivity index (χ4v) is 5.28. The van der Waals surface area contributed by atoms with Crippen molar-refractivity contribution < 1.29 is 9.53 Å². The van der Waals surface area contributed by atoms with Gasteiger partial charge in [-0.3, -0.25) is 9.36 Å². The Morgan fingerprint density at radius 1 is 1.15 bits per heavy atom. The first-order chi connectivity index (χ1) is 16.7. The van der Waals surface area contributed by atoms with Crippen LogP contribution in [0.4, 0.5) is 5.95 Å². The molecule has 0 unspecified atom stereocenters. The predicted octanol–water partition coefficient (Wildman–Crippen LogP) is 2.29. The molecular weight excluding hydrogens is 430 g/mol. The summed E-state index contributed by atoms with van der Waals surface area (Å²) in [6.45, 7) is 3.77. The van der Waals surface area contributed by atoms with Gasteiger partial charge < -0.3 is 20.3 Å². The van der Waals surface area contributed by atoms with Crippen LogP contribution in [0.1, 0.15) is 36.2 Å². The van der Waals surface area contributed by atoms with Crippen LogP contribution in [0.3, 0.4) is 0 Å². The molecule has 1 saturated carbocycles. The average molecular weight is 458 g/mol. The zero-order valence-electron chi connectivity index (χ0n) is 19.0. The fraction of sp³-hybridized carbons (Fsp3) is 0.440. The highest BCUT2D eigenvalue weighted by molar-refractivity contribution is 5.81. The number of carbonyl (C=O) groups excluding carboxylic acids is 1. The number of hydrogen-bond donors (Lipinski definition) is 2. The maximum absolute atomic E-state index is 12.4. The smallest absolute Gasteiger partial charge is 0.225 e. The lowest BCUT2D eigenvalue weighted by atomic mass is 10.1. The molecule has 1 amide bonds. The summed E-state index contributed by atoms with van der Waals surface area (Å²) in [5, 5.41) is 6.87. The van der Waals surface area contributed by atoms with Crippen LogP contribution in [-0.2, 0) is 24.3 Å². The number of likely N-dealkylation sites (tertiary alicyclic amines) is 1. The Morgan fingerprint density at radius 3 is 3.00 bits per heavy atom. The SMILES string of the molecule is O=C(C1CC1)N1CC[C@@H](Nc2nccc(-n3c(-c4ccc5c(c4)CCO5)nc4c3CNC4)n2)C1. The predicted molar refractivity (Wildman–Crippen MR) is 126 cm³/mol. The summed E-state index contributed by atoms with van der Waals surface area (Å²) >= 11 is 0. The molecule has 1 saturated heterocycles. The Bertz CT molecular complexity index is 1280. The third-order valence-electron chi connectivity index (χ3n) is 7.22. The number of rotatable bonds is 5. The van der Waals surface area contributed by atoms with E-state index in [9.17, 15) is 4.79 Å². The van der Waals surface area contributed by atoms with Gasteiger partial charge in [0.1, 0.15) is 17.4 Å². The molecule has 1 atom stereocenters. The summed E-state index contributed by atoms with van der Waals surface area (Å²) in [4.78, 5) is 28.7. The molecule has 5 heterocycles. The van der Waals surface area contributed by atoms with E-state index in [1.165, 1.54) is 5.56 Å². The first kappa shape index (κ1) is 20.0. The number of nitrogens with one attached hydrogen (secondary N) is 2. The highest BCUT2D eigenvalue weighted by Crippen LogP contribution is 2.34. The van der Waals surface area contributed by atoms with Crippen molar-refractivity contribution >= 4 is 11.9 Å². The molecule has 2 fully saturated rings.